The molecule has 0 aliphatic carbocycles. The lowest BCUT2D eigenvalue weighted by molar-refractivity contribution is -0.121. The summed E-state index contributed by atoms with van der Waals surface area (Å²) in [5.41, 5.74) is 1.82. The molecule has 2 aliphatic rings. The van der Waals surface area contributed by atoms with Crippen LogP contribution in [-0.4, -0.2) is 45.3 Å². The van der Waals surface area contributed by atoms with E-state index in [9.17, 15) is 9.18 Å². The van der Waals surface area contributed by atoms with Crippen LogP contribution >= 0.6 is 24.8 Å². The lowest BCUT2D eigenvalue weighted by Gasteiger charge is -2.30. The van der Waals surface area contributed by atoms with Crippen molar-refractivity contribution in [2.75, 3.05) is 44.3 Å². The van der Waals surface area contributed by atoms with E-state index in [1.54, 1.807) is 6.07 Å². The number of hydrogen-bond donors (Lipinski definition) is 2. The van der Waals surface area contributed by atoms with Crippen LogP contribution in [0.1, 0.15) is 31.2 Å². The van der Waals surface area contributed by atoms with Crippen molar-refractivity contribution >= 4 is 36.4 Å². The van der Waals surface area contributed by atoms with Gasteiger partial charge in [0.2, 0.25) is 5.91 Å². The van der Waals surface area contributed by atoms with Crippen LogP contribution in [0.4, 0.5) is 10.1 Å². The molecule has 2 heterocycles. The highest BCUT2D eigenvalue weighted by Crippen LogP contribution is 2.23. The Hall–Kier alpha value is -1.08. The first kappa shape index (κ1) is 24.0. The van der Waals surface area contributed by atoms with Crippen molar-refractivity contribution in [3.8, 4) is 0 Å². The molecule has 3 rings (SSSR count). The topological polar surface area (TPSA) is 53.6 Å². The number of carbonyl (C=O) groups is 1. The molecule has 2 aliphatic heterocycles. The van der Waals surface area contributed by atoms with Crippen LogP contribution in [0, 0.1) is 11.7 Å². The first-order valence-electron chi connectivity index (χ1n) is 9.31. The molecule has 0 bridgehead atoms. The number of rotatable bonds is 6. The van der Waals surface area contributed by atoms with E-state index in [2.05, 4.69) is 15.5 Å². The van der Waals surface area contributed by atoms with Gasteiger partial charge in [-0.1, -0.05) is 0 Å². The summed E-state index contributed by atoms with van der Waals surface area (Å²) >= 11 is 0. The molecule has 0 atom stereocenters. The van der Waals surface area contributed by atoms with Crippen molar-refractivity contribution < 1.29 is 13.9 Å². The maximum absolute atomic E-state index is 13.7. The Morgan fingerprint density at radius 3 is 2.63 bits per heavy atom. The second-order valence-corrected chi connectivity index (χ2v) is 6.88. The first-order valence-corrected chi connectivity index (χ1v) is 9.31. The molecule has 5 nitrogen and oxygen atoms in total. The van der Waals surface area contributed by atoms with Crippen molar-refractivity contribution in [1.82, 2.24) is 10.6 Å². The average Bonchev–Trinajstić information content (AvgIpc) is 2.66. The van der Waals surface area contributed by atoms with E-state index in [1.165, 1.54) is 12.1 Å². The summed E-state index contributed by atoms with van der Waals surface area (Å²) in [6.45, 7) is 5.43. The Morgan fingerprint density at radius 1 is 1.22 bits per heavy atom. The average molecular weight is 422 g/mol. The van der Waals surface area contributed by atoms with Gasteiger partial charge in [-0.15, -0.1) is 24.8 Å². The van der Waals surface area contributed by atoms with Gasteiger partial charge in [0.1, 0.15) is 5.82 Å². The van der Waals surface area contributed by atoms with Crippen LogP contribution in [0.3, 0.4) is 0 Å². The van der Waals surface area contributed by atoms with Gasteiger partial charge in [-0.05, 0) is 62.0 Å². The van der Waals surface area contributed by atoms with Gasteiger partial charge < -0.3 is 20.3 Å². The number of halogens is 3. The maximum Gasteiger partial charge on any atom is 0.220 e. The van der Waals surface area contributed by atoms with Crippen molar-refractivity contribution in [2.24, 2.45) is 5.92 Å². The Balaban J connectivity index is 0.00000182. The number of anilines is 1. The van der Waals surface area contributed by atoms with Gasteiger partial charge in [0, 0.05) is 31.7 Å². The molecule has 2 N–H and O–H groups in total. The molecule has 0 spiro atoms. The van der Waals surface area contributed by atoms with E-state index < -0.39 is 0 Å². The zero-order valence-electron chi connectivity index (χ0n) is 15.5. The van der Waals surface area contributed by atoms with Gasteiger partial charge in [-0.3, -0.25) is 4.79 Å². The van der Waals surface area contributed by atoms with Crippen LogP contribution < -0.4 is 15.5 Å². The minimum atomic E-state index is -0.268. The van der Waals surface area contributed by atoms with Gasteiger partial charge in [0.25, 0.3) is 0 Å². The van der Waals surface area contributed by atoms with Gasteiger partial charge in [-0.2, -0.15) is 0 Å². The normalized spacial score (nSPS) is 17.6. The molecule has 0 radical (unpaired) electrons. The van der Waals surface area contributed by atoms with Gasteiger partial charge in [0.05, 0.1) is 13.2 Å². The lowest BCUT2D eigenvalue weighted by atomic mass is 9.93. The van der Waals surface area contributed by atoms with Crippen LogP contribution in [0.5, 0.6) is 0 Å². The van der Waals surface area contributed by atoms with Gasteiger partial charge in [-0.25, -0.2) is 4.39 Å². The third-order valence-electron chi connectivity index (χ3n) is 5.11. The SMILES string of the molecule is Cl.Cl.O=C(CCC1CCNCC1)NCc1cc(F)ccc1N1CCOCC1. The quantitative estimate of drug-likeness (QED) is 0.741. The van der Waals surface area contributed by atoms with Crippen molar-refractivity contribution in [2.45, 2.75) is 32.2 Å². The predicted molar refractivity (Wildman–Crippen MR) is 111 cm³/mol. The van der Waals surface area contributed by atoms with E-state index in [4.69, 9.17) is 4.74 Å². The van der Waals surface area contributed by atoms with E-state index in [0.29, 0.717) is 32.1 Å². The first-order chi connectivity index (χ1) is 12.2. The fourth-order valence-electron chi connectivity index (χ4n) is 3.60. The minimum Gasteiger partial charge on any atom is -0.378 e. The number of nitrogens with zero attached hydrogens (tertiary/aromatic N) is 1. The largest absolute Gasteiger partial charge is 0.378 e. The van der Waals surface area contributed by atoms with Crippen molar-refractivity contribution in [1.29, 1.82) is 0 Å². The molecule has 1 aromatic rings. The third kappa shape index (κ3) is 7.45. The Bertz CT molecular complexity index is 580. The Kier molecular flexibility index (Phi) is 11.0. The summed E-state index contributed by atoms with van der Waals surface area (Å²) < 4.78 is 19.1. The van der Waals surface area contributed by atoms with E-state index in [1.807, 2.05) is 0 Å². The molecule has 0 unspecified atom stereocenters. The summed E-state index contributed by atoms with van der Waals surface area (Å²) in [5.74, 6) is 0.428. The second kappa shape index (κ2) is 12.4. The maximum atomic E-state index is 13.7. The monoisotopic (exact) mass is 421 g/mol. The van der Waals surface area contributed by atoms with Gasteiger partial charge in [0.15, 0.2) is 0 Å². The smallest absolute Gasteiger partial charge is 0.220 e. The summed E-state index contributed by atoms with van der Waals surface area (Å²) in [6, 6.07) is 4.81. The Labute approximate surface area is 173 Å². The summed E-state index contributed by atoms with van der Waals surface area (Å²) in [6.07, 6.45) is 3.79. The predicted octanol–water partition coefficient (Wildman–Crippen LogP) is 2.90. The zero-order valence-corrected chi connectivity index (χ0v) is 17.2. The van der Waals surface area contributed by atoms with Crippen LogP contribution in [-0.2, 0) is 16.1 Å². The van der Waals surface area contributed by atoms with Crippen LogP contribution in [0.2, 0.25) is 0 Å². The van der Waals surface area contributed by atoms with E-state index >= 15 is 0 Å². The number of morpholine rings is 1. The summed E-state index contributed by atoms with van der Waals surface area (Å²) in [7, 11) is 0. The fraction of sp³-hybridized carbons (Fsp3) is 0.632. The minimum absolute atomic E-state index is 0. The number of hydrogen-bond acceptors (Lipinski definition) is 4. The molecule has 27 heavy (non-hydrogen) atoms. The molecule has 1 amide bonds. The highest BCUT2D eigenvalue weighted by atomic mass is 35.5. The highest BCUT2D eigenvalue weighted by molar-refractivity contribution is 5.85. The molecule has 8 heteroatoms. The summed E-state index contributed by atoms with van der Waals surface area (Å²) in [4.78, 5) is 14.4. The van der Waals surface area contributed by atoms with Crippen LogP contribution in [0.15, 0.2) is 18.2 Å². The molecular formula is C19H30Cl2FN3O2. The number of amides is 1. The zero-order chi connectivity index (χ0) is 17.5. The Morgan fingerprint density at radius 2 is 1.93 bits per heavy atom. The van der Waals surface area contributed by atoms with Crippen molar-refractivity contribution in [3.05, 3.63) is 29.6 Å². The molecule has 154 valence electrons. The van der Waals surface area contributed by atoms with E-state index in [-0.39, 0.29) is 36.5 Å². The highest BCUT2D eigenvalue weighted by Gasteiger charge is 2.17. The number of carbonyl (C=O) groups excluding carboxylic acids is 1. The molecule has 0 aromatic heterocycles. The molecule has 0 saturated carbocycles. The number of ether oxygens (including phenoxy) is 1. The third-order valence-corrected chi connectivity index (χ3v) is 5.11. The molecule has 2 fully saturated rings. The molecule has 2 saturated heterocycles. The van der Waals surface area contributed by atoms with Crippen molar-refractivity contribution in [3.63, 3.8) is 0 Å². The summed E-state index contributed by atoms with van der Waals surface area (Å²) in [5, 5.41) is 6.31. The number of piperidine rings is 1. The standard InChI is InChI=1S/C19H28FN3O2.2ClH/c20-17-2-3-18(23-9-11-25-12-10-23)16(13-17)14-22-19(24)4-1-15-5-7-21-8-6-15;;/h2-3,13,15,21H,1,4-12,14H2,(H,22,24);2*1H. The number of benzene rings is 1. The lowest BCUT2D eigenvalue weighted by Crippen LogP contribution is -2.37. The van der Waals surface area contributed by atoms with Crippen LogP contribution in [0.25, 0.3) is 0 Å². The fourth-order valence-corrected chi connectivity index (χ4v) is 3.60. The molecule has 1 aromatic carbocycles. The van der Waals surface area contributed by atoms with E-state index in [0.717, 1.165) is 56.7 Å². The molecular weight excluding hydrogens is 392 g/mol. The van der Waals surface area contributed by atoms with Gasteiger partial charge >= 0.3 is 0 Å². The number of nitrogens with one attached hydrogen (secondary N) is 2. The second-order valence-electron chi connectivity index (χ2n) is 6.88.